The van der Waals surface area contributed by atoms with E-state index in [0.717, 1.165) is 16.8 Å². The Morgan fingerprint density at radius 3 is 2.41 bits per heavy atom. The Morgan fingerprint density at radius 1 is 1.05 bits per heavy atom. The second-order valence-electron chi connectivity index (χ2n) is 9.06. The Hall–Kier alpha value is -4.70. The molecule has 0 bridgehead atoms. The molecule has 0 atom stereocenters. The highest BCUT2D eigenvalue weighted by Crippen LogP contribution is 2.29. The van der Waals surface area contributed by atoms with Crippen LogP contribution in [0.1, 0.15) is 56.3 Å². The van der Waals surface area contributed by atoms with Gasteiger partial charge in [0.15, 0.2) is 5.82 Å². The van der Waals surface area contributed by atoms with Crippen molar-refractivity contribution in [1.29, 1.82) is 0 Å². The quantitative estimate of drug-likeness (QED) is 0.186. The lowest BCUT2D eigenvalue weighted by molar-refractivity contribution is 0.0767. The van der Waals surface area contributed by atoms with E-state index in [9.17, 15) is 31.9 Å². The van der Waals surface area contributed by atoms with Crippen molar-refractivity contribution in [3.05, 3.63) is 86.5 Å². The Balaban J connectivity index is 1.76. The van der Waals surface area contributed by atoms with Crippen molar-refractivity contribution in [3.63, 3.8) is 0 Å². The summed E-state index contributed by atoms with van der Waals surface area (Å²) in [6.07, 6.45) is -5.73. The van der Waals surface area contributed by atoms with Crippen molar-refractivity contribution < 1.29 is 36.7 Å². The molecule has 0 saturated carbocycles. The molecule has 44 heavy (non-hydrogen) atoms. The normalized spacial score (nSPS) is 11.2. The molecule has 12 nitrogen and oxygen atoms in total. The van der Waals surface area contributed by atoms with Gasteiger partial charge in [0.25, 0.3) is 24.7 Å². The zero-order chi connectivity index (χ0) is 32.3. The van der Waals surface area contributed by atoms with Crippen LogP contribution in [0.4, 0.5) is 28.0 Å². The van der Waals surface area contributed by atoms with Gasteiger partial charge in [-0.3, -0.25) is 19.7 Å². The molecule has 0 radical (unpaired) electrons. The lowest BCUT2D eigenvalue weighted by Crippen LogP contribution is -2.43. The third-order valence-electron chi connectivity index (χ3n) is 6.02. The first-order chi connectivity index (χ1) is 20.8. The van der Waals surface area contributed by atoms with Gasteiger partial charge in [0.05, 0.1) is 35.6 Å². The monoisotopic (exact) mass is 656 g/mol. The number of carbonyl (C=O) groups is 3. The van der Waals surface area contributed by atoms with E-state index in [1.54, 1.807) is 6.92 Å². The van der Waals surface area contributed by atoms with Crippen LogP contribution >= 0.6 is 23.2 Å². The highest BCUT2D eigenvalue weighted by Gasteiger charge is 2.26. The number of amides is 3. The molecule has 232 valence electrons. The van der Waals surface area contributed by atoms with E-state index < -0.39 is 48.7 Å². The van der Waals surface area contributed by atoms with E-state index >= 15 is 0 Å². The van der Waals surface area contributed by atoms with Crippen molar-refractivity contribution in [2.45, 2.75) is 26.3 Å². The van der Waals surface area contributed by atoms with E-state index in [0.29, 0.717) is 16.3 Å². The van der Waals surface area contributed by atoms with Gasteiger partial charge in [0.1, 0.15) is 17.1 Å². The summed E-state index contributed by atoms with van der Waals surface area (Å²) in [4.78, 5) is 42.7. The molecule has 0 aliphatic carbocycles. The molecule has 3 heterocycles. The summed E-state index contributed by atoms with van der Waals surface area (Å²) < 4.78 is 59.9. The standard InChI is InChI=1S/C26H22Cl2F4N8O4/c1-12-7-13(27)8-15(24(41)37-38(2)26(43)44-3)20(12)34-25(42)19-9-14(35-40(19)23-16(28)5-4-6-33-23)11-39-18(22(31)32)10-17(36-39)21(29)30/h4-10,21-22H,11H2,1-3H3,(H,34,42)(H,37,41). The average Bonchev–Trinajstić information content (AvgIpc) is 3.59. The molecular formula is C26H22Cl2F4N8O4. The number of hydrazine groups is 1. The number of hydrogen-bond donors (Lipinski definition) is 2. The number of hydrogen-bond acceptors (Lipinski definition) is 7. The summed E-state index contributed by atoms with van der Waals surface area (Å²) in [5.74, 6) is -1.69. The van der Waals surface area contributed by atoms with Gasteiger partial charge in [-0.2, -0.15) is 10.2 Å². The van der Waals surface area contributed by atoms with Crippen molar-refractivity contribution in [3.8, 4) is 5.82 Å². The third-order valence-corrected chi connectivity index (χ3v) is 6.54. The lowest BCUT2D eigenvalue weighted by atomic mass is 10.1. The molecule has 1 aromatic carbocycles. The number of halogens is 6. The maximum absolute atomic E-state index is 13.7. The van der Waals surface area contributed by atoms with Gasteiger partial charge in [-0.25, -0.2) is 37.0 Å². The van der Waals surface area contributed by atoms with Crippen LogP contribution in [0, 0.1) is 6.92 Å². The van der Waals surface area contributed by atoms with Gasteiger partial charge in [-0.15, -0.1) is 0 Å². The molecule has 2 N–H and O–H groups in total. The Labute approximate surface area is 256 Å². The number of ether oxygens (including phenoxy) is 1. The second kappa shape index (κ2) is 13.3. The smallest absolute Gasteiger partial charge is 0.428 e. The fourth-order valence-electron chi connectivity index (χ4n) is 4.04. The Bertz CT molecular complexity index is 1730. The summed E-state index contributed by atoms with van der Waals surface area (Å²) in [6, 6.07) is 7.51. The van der Waals surface area contributed by atoms with Crippen LogP contribution in [0.2, 0.25) is 10.0 Å². The summed E-state index contributed by atoms with van der Waals surface area (Å²) in [6.45, 7) is 1.04. The van der Waals surface area contributed by atoms with Crippen LogP contribution in [-0.4, -0.2) is 61.6 Å². The van der Waals surface area contributed by atoms with Gasteiger partial charge >= 0.3 is 6.09 Å². The zero-order valence-corrected chi connectivity index (χ0v) is 24.5. The maximum Gasteiger partial charge on any atom is 0.428 e. The molecule has 4 aromatic rings. The van der Waals surface area contributed by atoms with Crippen LogP contribution in [-0.2, 0) is 11.3 Å². The van der Waals surface area contributed by atoms with Crippen LogP contribution in [0.5, 0.6) is 0 Å². The fraction of sp³-hybridized carbons (Fsp3) is 0.231. The van der Waals surface area contributed by atoms with E-state index in [1.807, 2.05) is 0 Å². The first-order valence-corrected chi connectivity index (χ1v) is 13.1. The highest BCUT2D eigenvalue weighted by atomic mass is 35.5. The van der Waals surface area contributed by atoms with E-state index in [4.69, 9.17) is 23.2 Å². The Morgan fingerprint density at radius 2 is 1.77 bits per heavy atom. The number of benzene rings is 1. The minimum Gasteiger partial charge on any atom is -0.452 e. The number of rotatable bonds is 8. The number of aryl methyl sites for hydroxylation is 1. The number of carbonyl (C=O) groups excluding carboxylic acids is 3. The summed E-state index contributed by atoms with van der Waals surface area (Å²) in [5.41, 5.74) is 0.652. The first-order valence-electron chi connectivity index (χ1n) is 12.4. The number of methoxy groups -OCH3 is 1. The number of pyridine rings is 1. The minimum absolute atomic E-state index is 0.00483. The molecule has 3 amide bonds. The van der Waals surface area contributed by atoms with Crippen LogP contribution in [0.3, 0.4) is 0 Å². The SMILES string of the molecule is COC(=O)N(C)NC(=O)c1cc(Cl)cc(C)c1NC(=O)c1cc(Cn2nc(C(F)F)cc2C(F)F)nn1-c1ncccc1Cl. The van der Waals surface area contributed by atoms with Crippen molar-refractivity contribution >= 4 is 46.8 Å². The van der Waals surface area contributed by atoms with Crippen LogP contribution in [0.15, 0.2) is 42.6 Å². The number of aromatic nitrogens is 5. The minimum atomic E-state index is -3.12. The number of nitrogens with one attached hydrogen (secondary N) is 2. The summed E-state index contributed by atoms with van der Waals surface area (Å²) in [7, 11) is 2.35. The molecular weight excluding hydrogens is 635 g/mol. The molecule has 0 saturated heterocycles. The topological polar surface area (TPSA) is 136 Å². The third kappa shape index (κ3) is 6.92. The Kier molecular flexibility index (Phi) is 9.74. The second-order valence-corrected chi connectivity index (χ2v) is 9.91. The van der Waals surface area contributed by atoms with Gasteiger partial charge in [-0.1, -0.05) is 23.2 Å². The maximum atomic E-state index is 13.7. The van der Waals surface area contributed by atoms with Gasteiger partial charge in [-0.05, 0) is 48.9 Å². The molecule has 4 rings (SSSR count). The molecule has 18 heteroatoms. The number of alkyl halides is 4. The number of anilines is 1. The molecule has 0 aliphatic rings. The lowest BCUT2D eigenvalue weighted by Gasteiger charge is -2.19. The van der Waals surface area contributed by atoms with Crippen LogP contribution < -0.4 is 10.7 Å². The predicted octanol–water partition coefficient (Wildman–Crippen LogP) is 5.60. The molecule has 0 aliphatic heterocycles. The van der Waals surface area contributed by atoms with Gasteiger partial charge in [0, 0.05) is 18.3 Å². The molecule has 3 aromatic heterocycles. The molecule has 0 spiro atoms. The van der Waals surface area contributed by atoms with E-state index in [1.165, 1.54) is 43.6 Å². The summed E-state index contributed by atoms with van der Waals surface area (Å²) in [5, 5.41) is 11.4. The molecule has 0 unspecified atom stereocenters. The van der Waals surface area contributed by atoms with E-state index in [2.05, 4.69) is 30.7 Å². The van der Waals surface area contributed by atoms with Crippen molar-refractivity contribution in [2.75, 3.05) is 19.5 Å². The zero-order valence-electron chi connectivity index (χ0n) is 23.0. The van der Waals surface area contributed by atoms with Gasteiger partial charge < -0.3 is 10.1 Å². The average molecular weight is 657 g/mol. The highest BCUT2D eigenvalue weighted by molar-refractivity contribution is 6.32. The van der Waals surface area contributed by atoms with E-state index in [-0.39, 0.29) is 38.5 Å². The molecule has 0 fully saturated rings. The van der Waals surface area contributed by atoms with Crippen molar-refractivity contribution in [1.82, 2.24) is 35.0 Å². The van der Waals surface area contributed by atoms with Gasteiger partial charge in [0.2, 0.25) is 0 Å². The number of nitrogens with zero attached hydrogens (tertiary/aromatic N) is 6. The largest absolute Gasteiger partial charge is 0.452 e. The first kappa shape index (κ1) is 32.2. The van der Waals surface area contributed by atoms with Crippen LogP contribution in [0.25, 0.3) is 5.82 Å². The van der Waals surface area contributed by atoms with Crippen molar-refractivity contribution in [2.24, 2.45) is 0 Å². The fourth-order valence-corrected chi connectivity index (χ4v) is 4.51. The predicted molar refractivity (Wildman–Crippen MR) is 149 cm³/mol. The summed E-state index contributed by atoms with van der Waals surface area (Å²) >= 11 is 12.5.